The first kappa shape index (κ1) is 17.7. The van der Waals surface area contributed by atoms with E-state index < -0.39 is 0 Å². The normalized spacial score (nSPS) is 23.8. The molecule has 25 heavy (non-hydrogen) atoms. The summed E-state index contributed by atoms with van der Waals surface area (Å²) in [7, 11) is 1.70. The largest absolute Gasteiger partial charge is 0.385 e. The van der Waals surface area contributed by atoms with Crippen LogP contribution in [-0.4, -0.2) is 55.7 Å². The van der Waals surface area contributed by atoms with Crippen molar-refractivity contribution in [2.24, 2.45) is 5.41 Å². The molecule has 134 valence electrons. The van der Waals surface area contributed by atoms with E-state index in [1.807, 2.05) is 17.0 Å². The number of hydrogen-bond acceptors (Lipinski definition) is 5. The molecule has 3 heterocycles. The highest BCUT2D eigenvalue weighted by Gasteiger charge is 2.41. The number of hydrogen-bond donors (Lipinski definition) is 0. The van der Waals surface area contributed by atoms with Crippen molar-refractivity contribution >= 4 is 11.7 Å². The summed E-state index contributed by atoms with van der Waals surface area (Å²) in [5, 5.41) is 8.93. The van der Waals surface area contributed by atoms with Crippen LogP contribution in [0.25, 0.3) is 0 Å². The predicted octanol–water partition coefficient (Wildman–Crippen LogP) is 2.20. The van der Waals surface area contributed by atoms with Crippen molar-refractivity contribution in [2.75, 3.05) is 44.8 Å². The number of nitrogens with zero attached hydrogens (tertiary/aromatic N) is 4. The highest BCUT2D eigenvalue weighted by molar-refractivity contribution is 5.77. The van der Waals surface area contributed by atoms with Crippen LogP contribution in [0.4, 0.5) is 5.82 Å². The van der Waals surface area contributed by atoms with Crippen LogP contribution in [0.5, 0.6) is 0 Å². The molecule has 0 radical (unpaired) electrons. The summed E-state index contributed by atoms with van der Waals surface area (Å²) in [5.74, 6) is 1.20. The van der Waals surface area contributed by atoms with E-state index in [1.54, 1.807) is 13.3 Å². The Bertz CT molecular complexity index is 640. The maximum absolute atomic E-state index is 12.3. The Labute approximate surface area is 149 Å². The van der Waals surface area contributed by atoms with Crippen LogP contribution < -0.4 is 4.90 Å². The molecule has 3 rings (SSSR count). The van der Waals surface area contributed by atoms with Gasteiger partial charge in [0.2, 0.25) is 5.91 Å². The van der Waals surface area contributed by atoms with Gasteiger partial charge in [-0.25, -0.2) is 4.98 Å². The Morgan fingerprint density at radius 1 is 1.36 bits per heavy atom. The summed E-state index contributed by atoms with van der Waals surface area (Å²) < 4.78 is 5.12. The first-order valence-corrected chi connectivity index (χ1v) is 9.04. The summed E-state index contributed by atoms with van der Waals surface area (Å²) in [6.07, 6.45) is 6.40. The maximum atomic E-state index is 12.3. The third kappa shape index (κ3) is 4.10. The zero-order valence-corrected chi connectivity index (χ0v) is 14.9. The second kappa shape index (κ2) is 7.83. The summed E-state index contributed by atoms with van der Waals surface area (Å²) >= 11 is 0. The van der Waals surface area contributed by atoms with E-state index in [0.717, 1.165) is 57.7 Å². The van der Waals surface area contributed by atoms with Gasteiger partial charge < -0.3 is 14.5 Å². The van der Waals surface area contributed by atoms with E-state index >= 15 is 0 Å². The van der Waals surface area contributed by atoms with E-state index in [0.29, 0.717) is 18.6 Å². The molecule has 6 heteroatoms. The lowest BCUT2D eigenvalue weighted by Crippen LogP contribution is -2.54. The van der Waals surface area contributed by atoms with Crippen molar-refractivity contribution in [3.05, 3.63) is 23.9 Å². The predicted molar refractivity (Wildman–Crippen MR) is 95.1 cm³/mol. The fourth-order valence-electron chi connectivity index (χ4n) is 4.08. The number of rotatable bonds is 5. The number of piperidine rings is 2. The number of methoxy groups -OCH3 is 1. The van der Waals surface area contributed by atoms with Crippen molar-refractivity contribution in [1.29, 1.82) is 5.26 Å². The van der Waals surface area contributed by atoms with E-state index in [-0.39, 0.29) is 11.3 Å². The van der Waals surface area contributed by atoms with Gasteiger partial charge in [0, 0.05) is 57.9 Å². The van der Waals surface area contributed by atoms with Gasteiger partial charge in [0.05, 0.1) is 5.56 Å². The zero-order chi connectivity index (χ0) is 17.7. The molecular weight excluding hydrogens is 316 g/mol. The van der Waals surface area contributed by atoms with Crippen LogP contribution in [0.3, 0.4) is 0 Å². The number of anilines is 1. The van der Waals surface area contributed by atoms with Gasteiger partial charge in [-0.3, -0.25) is 4.79 Å². The summed E-state index contributed by atoms with van der Waals surface area (Å²) in [5.41, 5.74) is 0.748. The fourth-order valence-corrected chi connectivity index (χ4v) is 4.08. The monoisotopic (exact) mass is 342 g/mol. The fraction of sp³-hybridized carbons (Fsp3) is 0.632. The molecule has 1 unspecified atom stereocenters. The lowest BCUT2D eigenvalue weighted by molar-refractivity contribution is -0.138. The molecule has 2 saturated heterocycles. The van der Waals surface area contributed by atoms with E-state index in [4.69, 9.17) is 10.00 Å². The van der Waals surface area contributed by atoms with Gasteiger partial charge in [-0.1, -0.05) is 0 Å². The molecule has 0 aromatic carbocycles. The van der Waals surface area contributed by atoms with Crippen molar-refractivity contribution in [3.8, 4) is 6.07 Å². The first-order valence-electron chi connectivity index (χ1n) is 9.04. The van der Waals surface area contributed by atoms with Crippen LogP contribution in [0.2, 0.25) is 0 Å². The Kier molecular flexibility index (Phi) is 5.54. The van der Waals surface area contributed by atoms with Crippen molar-refractivity contribution in [2.45, 2.75) is 32.1 Å². The number of likely N-dealkylation sites (tertiary alicyclic amines) is 1. The van der Waals surface area contributed by atoms with Gasteiger partial charge in [0.1, 0.15) is 11.9 Å². The van der Waals surface area contributed by atoms with Gasteiger partial charge in [0.25, 0.3) is 0 Å². The van der Waals surface area contributed by atoms with Gasteiger partial charge >= 0.3 is 0 Å². The average molecular weight is 342 g/mol. The molecule has 2 aliphatic heterocycles. The molecule has 1 spiro atoms. The van der Waals surface area contributed by atoms with Crippen molar-refractivity contribution in [1.82, 2.24) is 9.88 Å². The minimum Gasteiger partial charge on any atom is -0.385 e. The Balaban J connectivity index is 1.68. The van der Waals surface area contributed by atoms with Crippen molar-refractivity contribution in [3.63, 3.8) is 0 Å². The zero-order valence-electron chi connectivity index (χ0n) is 14.9. The number of carbonyl (C=O) groups excluding carboxylic acids is 1. The summed E-state index contributed by atoms with van der Waals surface area (Å²) in [4.78, 5) is 21.1. The standard InChI is InChI=1S/C19H26N4O2/c1-25-11-3-10-23-15-19(8-6-18(23)24)7-2-9-22(14-19)17-5-4-16(12-20)13-21-17/h4-5,13H,2-3,6-11,14-15H2,1H3. The SMILES string of the molecule is COCCCN1CC2(CCCN(c3ccc(C#N)cn3)C2)CCC1=O. The lowest BCUT2D eigenvalue weighted by atomic mass is 9.73. The number of carbonyl (C=O) groups is 1. The number of nitriles is 1. The molecule has 1 amide bonds. The molecule has 0 bridgehead atoms. The Morgan fingerprint density at radius 3 is 2.96 bits per heavy atom. The Morgan fingerprint density at radius 2 is 2.24 bits per heavy atom. The summed E-state index contributed by atoms with van der Waals surface area (Å²) in [6, 6.07) is 5.87. The second-order valence-electron chi connectivity index (χ2n) is 7.20. The molecule has 0 aliphatic carbocycles. The van der Waals surface area contributed by atoms with E-state index in [1.165, 1.54) is 0 Å². The molecule has 0 saturated carbocycles. The maximum Gasteiger partial charge on any atom is 0.222 e. The van der Waals surface area contributed by atoms with Gasteiger partial charge in [-0.15, -0.1) is 0 Å². The third-order valence-corrected chi connectivity index (χ3v) is 5.39. The van der Waals surface area contributed by atoms with Gasteiger partial charge in [0.15, 0.2) is 0 Å². The number of pyridine rings is 1. The number of aromatic nitrogens is 1. The molecule has 2 fully saturated rings. The lowest BCUT2D eigenvalue weighted by Gasteiger charge is -2.48. The van der Waals surface area contributed by atoms with Crippen LogP contribution in [-0.2, 0) is 9.53 Å². The van der Waals surface area contributed by atoms with Gasteiger partial charge in [-0.2, -0.15) is 5.26 Å². The molecule has 0 N–H and O–H groups in total. The van der Waals surface area contributed by atoms with Crippen LogP contribution in [0, 0.1) is 16.7 Å². The quantitative estimate of drug-likeness (QED) is 0.767. The molecule has 6 nitrogen and oxygen atoms in total. The van der Waals surface area contributed by atoms with E-state index in [9.17, 15) is 4.79 Å². The van der Waals surface area contributed by atoms with Crippen LogP contribution >= 0.6 is 0 Å². The van der Waals surface area contributed by atoms with E-state index in [2.05, 4.69) is 16.0 Å². The molecule has 1 atom stereocenters. The molecule has 2 aliphatic rings. The second-order valence-corrected chi connectivity index (χ2v) is 7.20. The third-order valence-electron chi connectivity index (χ3n) is 5.39. The van der Waals surface area contributed by atoms with Gasteiger partial charge in [-0.05, 0) is 37.8 Å². The average Bonchev–Trinajstić information content (AvgIpc) is 2.65. The Hall–Kier alpha value is -2.13. The minimum absolute atomic E-state index is 0.162. The summed E-state index contributed by atoms with van der Waals surface area (Å²) in [6.45, 7) is 4.22. The van der Waals surface area contributed by atoms with Crippen molar-refractivity contribution < 1.29 is 9.53 Å². The molecular formula is C19H26N4O2. The highest BCUT2D eigenvalue weighted by Crippen LogP contribution is 2.39. The molecule has 1 aromatic rings. The highest BCUT2D eigenvalue weighted by atomic mass is 16.5. The first-order chi connectivity index (χ1) is 12.2. The van der Waals surface area contributed by atoms with Crippen LogP contribution in [0.15, 0.2) is 18.3 Å². The smallest absolute Gasteiger partial charge is 0.222 e. The number of ether oxygens (including phenoxy) is 1. The minimum atomic E-state index is 0.162. The topological polar surface area (TPSA) is 69.5 Å². The molecule has 1 aromatic heterocycles. The van der Waals surface area contributed by atoms with Crippen LogP contribution in [0.1, 0.15) is 37.7 Å². The number of amides is 1.